The quantitative estimate of drug-likeness (QED) is 0.140. The van der Waals surface area contributed by atoms with E-state index in [9.17, 15) is 9.90 Å². The molecule has 9 nitrogen and oxygen atoms in total. The number of hydrogen-bond donors (Lipinski definition) is 2. The predicted octanol–water partition coefficient (Wildman–Crippen LogP) is 10.1. The van der Waals surface area contributed by atoms with E-state index < -0.39 is 17.4 Å². The minimum Gasteiger partial charge on any atom is -0.481 e. The number of nitrogens with zero attached hydrogens (tertiary/aromatic N) is 5. The van der Waals surface area contributed by atoms with E-state index in [-0.39, 0.29) is 23.0 Å². The van der Waals surface area contributed by atoms with Crippen molar-refractivity contribution in [3.8, 4) is 22.8 Å². The maximum atomic E-state index is 12.7. The monoisotopic (exact) mass is 756 g/mol. The van der Waals surface area contributed by atoms with Gasteiger partial charge in [0.2, 0.25) is 0 Å². The highest BCUT2D eigenvalue weighted by molar-refractivity contribution is 6.29. The molecule has 3 saturated carbocycles. The summed E-state index contributed by atoms with van der Waals surface area (Å²) in [5.41, 5.74) is 5.16. The van der Waals surface area contributed by atoms with Crippen molar-refractivity contribution in [1.29, 1.82) is 0 Å². The molecule has 3 fully saturated rings. The molecular weight excluding hydrogens is 720 g/mol. The maximum Gasteiger partial charge on any atom is 0.308 e. The zero-order valence-corrected chi connectivity index (χ0v) is 31.1. The van der Waals surface area contributed by atoms with Gasteiger partial charge in [0.25, 0.3) is 0 Å². The van der Waals surface area contributed by atoms with Crippen molar-refractivity contribution in [3.05, 3.63) is 162 Å². The Hall–Kier alpha value is -6.32. The summed E-state index contributed by atoms with van der Waals surface area (Å²) < 4.78 is 8.53. The highest BCUT2D eigenvalue weighted by Crippen LogP contribution is 2.48. The van der Waals surface area contributed by atoms with Gasteiger partial charge in [-0.1, -0.05) is 121 Å². The van der Waals surface area contributed by atoms with Crippen LogP contribution in [0.25, 0.3) is 45.0 Å². The van der Waals surface area contributed by atoms with Gasteiger partial charge >= 0.3 is 5.97 Å². The van der Waals surface area contributed by atoms with E-state index in [0.717, 1.165) is 53.3 Å². The highest BCUT2D eigenvalue weighted by Gasteiger charge is 2.47. The van der Waals surface area contributed by atoms with Gasteiger partial charge in [-0.2, -0.15) is 0 Å². The molecule has 0 spiro atoms. The zero-order chi connectivity index (χ0) is 37.8. The van der Waals surface area contributed by atoms with E-state index in [1.54, 1.807) is 6.20 Å². The topological polar surface area (TPSA) is 119 Å². The molecule has 56 heavy (non-hydrogen) atoms. The third-order valence-electron chi connectivity index (χ3n) is 11.9. The van der Waals surface area contributed by atoms with Crippen LogP contribution in [-0.4, -0.2) is 41.6 Å². The summed E-state index contributed by atoms with van der Waals surface area (Å²) >= 11 is 6.66. The minimum absolute atomic E-state index is 0.128. The fourth-order valence-electron chi connectivity index (χ4n) is 9.40. The Morgan fingerprint density at radius 1 is 0.768 bits per heavy atom. The molecule has 3 aliphatic rings. The summed E-state index contributed by atoms with van der Waals surface area (Å²) in [5.74, 6) is 0.541. The summed E-state index contributed by atoms with van der Waals surface area (Å²) in [5, 5.41) is 15.2. The molecule has 3 aliphatic carbocycles. The lowest BCUT2D eigenvalue weighted by atomic mass is 9.61. The van der Waals surface area contributed by atoms with Gasteiger partial charge in [-0.25, -0.2) is 19.9 Å². The average molecular weight is 757 g/mol. The maximum absolute atomic E-state index is 12.7. The highest BCUT2D eigenvalue weighted by atomic mass is 35.5. The predicted molar refractivity (Wildman–Crippen MR) is 217 cm³/mol. The molecule has 0 radical (unpaired) electrons. The number of benzene rings is 4. The summed E-state index contributed by atoms with van der Waals surface area (Å²) in [6.07, 6.45) is 7.44. The van der Waals surface area contributed by atoms with E-state index in [0.29, 0.717) is 39.8 Å². The Kier molecular flexibility index (Phi) is 8.40. The Morgan fingerprint density at radius 3 is 2.00 bits per heavy atom. The minimum atomic E-state index is -0.906. The molecule has 2 atom stereocenters. The molecule has 4 aromatic carbocycles. The number of furan rings is 1. The number of aliphatic carboxylic acids is 1. The first-order valence-corrected chi connectivity index (χ1v) is 19.4. The number of hydrogen-bond acceptors (Lipinski definition) is 7. The van der Waals surface area contributed by atoms with Gasteiger partial charge in [-0.05, 0) is 66.3 Å². The number of halogens is 1. The molecule has 2 unspecified atom stereocenters. The van der Waals surface area contributed by atoms with Gasteiger partial charge in [-0.15, -0.1) is 0 Å². The Morgan fingerprint density at radius 2 is 1.38 bits per heavy atom. The van der Waals surface area contributed by atoms with E-state index in [2.05, 4.69) is 46.3 Å². The van der Waals surface area contributed by atoms with Crippen molar-refractivity contribution in [2.24, 2.45) is 17.8 Å². The largest absolute Gasteiger partial charge is 0.481 e. The fraction of sp³-hybridized carbons (Fsp3) is 0.196. The van der Waals surface area contributed by atoms with Crippen molar-refractivity contribution in [2.75, 3.05) is 5.32 Å². The van der Waals surface area contributed by atoms with Crippen molar-refractivity contribution in [3.63, 3.8) is 0 Å². The van der Waals surface area contributed by atoms with E-state index >= 15 is 0 Å². The molecule has 4 aromatic heterocycles. The average Bonchev–Trinajstić information content (AvgIpc) is 3.85. The number of aromatic nitrogens is 5. The summed E-state index contributed by atoms with van der Waals surface area (Å²) in [4.78, 5) is 32.9. The summed E-state index contributed by atoms with van der Waals surface area (Å²) in [6, 6.07) is 42.5. The second-order valence-electron chi connectivity index (χ2n) is 14.9. The van der Waals surface area contributed by atoms with Crippen LogP contribution >= 0.6 is 11.6 Å². The summed E-state index contributed by atoms with van der Waals surface area (Å²) in [6.45, 7) is 0. The third-order valence-corrected chi connectivity index (χ3v) is 12.0. The number of fused-ring (bicyclic) bond motifs is 5. The molecule has 0 amide bonds. The van der Waals surface area contributed by atoms with Crippen LogP contribution in [0.5, 0.6) is 0 Å². The molecule has 10 heteroatoms. The molecule has 8 aromatic rings. The molecule has 0 saturated heterocycles. The van der Waals surface area contributed by atoms with Crippen molar-refractivity contribution < 1.29 is 14.3 Å². The SMILES string of the molecule is O=C(O)C1C2CCC(CC2)C1Nc1cc(-c2cc3ccccc3o2)nc(-c2cn(C(c3ccccc3)(c3ccccc3)c3ccccc3)c3ncc(Cl)nc23)n1. The normalized spacial score (nSPS) is 19.4. The van der Waals surface area contributed by atoms with Crippen molar-refractivity contribution in [2.45, 2.75) is 37.3 Å². The zero-order valence-electron chi connectivity index (χ0n) is 30.3. The van der Waals surface area contributed by atoms with Crippen LogP contribution in [0.15, 0.2) is 144 Å². The summed E-state index contributed by atoms with van der Waals surface area (Å²) in [7, 11) is 0. The fourth-order valence-corrected chi connectivity index (χ4v) is 9.54. The van der Waals surface area contributed by atoms with Crippen molar-refractivity contribution >= 4 is 45.5 Å². The molecule has 4 heterocycles. The van der Waals surface area contributed by atoms with E-state index in [1.165, 1.54) is 0 Å². The lowest BCUT2D eigenvalue weighted by Gasteiger charge is -2.47. The number of anilines is 1. The van der Waals surface area contributed by atoms with Crippen LogP contribution < -0.4 is 5.32 Å². The number of rotatable bonds is 9. The van der Waals surface area contributed by atoms with Gasteiger partial charge in [0.15, 0.2) is 17.2 Å². The molecule has 2 N–H and O–H groups in total. The van der Waals surface area contributed by atoms with E-state index in [4.69, 9.17) is 36.0 Å². The molecule has 11 rings (SSSR count). The first-order valence-electron chi connectivity index (χ1n) is 19.1. The lowest BCUT2D eigenvalue weighted by Crippen LogP contribution is -2.51. The molecular formula is C46H37ClN6O3. The standard InChI is InChI=1S/C46H37ClN6O3/c47-38-26-48-44-42(50-38)34(27-53(44)46(31-13-4-1-5-14-31,32-15-6-2-7-16-32)33-17-8-3-9-18-33)43-49-35(37-24-30-12-10-11-19-36(30)56-37)25-39(52-43)51-41-29-22-20-28(21-23-29)40(41)45(54)55/h1-19,24-29,40-41H,20-23H2,(H,54,55)(H,49,51,52). The van der Waals surface area contributed by atoms with Crippen LogP contribution in [-0.2, 0) is 10.3 Å². The number of carbonyl (C=O) groups is 1. The number of para-hydroxylation sites is 1. The second kappa shape index (κ2) is 13.8. The first kappa shape index (κ1) is 34.2. The van der Waals surface area contributed by atoms with Crippen LogP contribution in [0.2, 0.25) is 5.15 Å². The first-order chi connectivity index (χ1) is 27.5. The number of carboxylic acids is 1. The lowest BCUT2D eigenvalue weighted by molar-refractivity contribution is -0.148. The number of carboxylic acid groups (broad SMARTS) is 1. The Balaban J connectivity index is 1.23. The van der Waals surface area contributed by atoms with Gasteiger partial charge in [0.1, 0.15) is 33.3 Å². The van der Waals surface area contributed by atoms with Gasteiger partial charge in [-0.3, -0.25) is 4.79 Å². The van der Waals surface area contributed by atoms with Crippen LogP contribution in [0.4, 0.5) is 5.82 Å². The van der Waals surface area contributed by atoms with Gasteiger partial charge in [0.05, 0.1) is 17.7 Å². The van der Waals surface area contributed by atoms with Crippen LogP contribution in [0, 0.1) is 17.8 Å². The van der Waals surface area contributed by atoms with Crippen LogP contribution in [0.3, 0.4) is 0 Å². The third kappa shape index (κ3) is 5.64. The Labute approximate surface area is 328 Å². The van der Waals surface area contributed by atoms with Crippen LogP contribution in [0.1, 0.15) is 42.4 Å². The van der Waals surface area contributed by atoms with Crippen molar-refractivity contribution in [1.82, 2.24) is 24.5 Å². The van der Waals surface area contributed by atoms with Gasteiger partial charge < -0.3 is 19.4 Å². The Bertz CT molecular complexity index is 2580. The smallest absolute Gasteiger partial charge is 0.308 e. The number of nitrogens with one attached hydrogen (secondary N) is 1. The van der Waals surface area contributed by atoms with E-state index in [1.807, 2.05) is 97.2 Å². The molecule has 0 aliphatic heterocycles. The molecule has 276 valence electrons. The second-order valence-corrected chi connectivity index (χ2v) is 15.3. The molecule has 2 bridgehead atoms. The van der Waals surface area contributed by atoms with Gasteiger partial charge in [0, 0.05) is 23.7 Å².